The van der Waals surface area contributed by atoms with Gasteiger partial charge in [-0.15, -0.1) is 0 Å². The lowest BCUT2D eigenvalue weighted by molar-refractivity contribution is 0.449. The minimum absolute atomic E-state index is 0.375. The van der Waals surface area contributed by atoms with Crippen molar-refractivity contribution >= 4 is 5.82 Å². The van der Waals surface area contributed by atoms with E-state index < -0.39 is 0 Å². The summed E-state index contributed by atoms with van der Waals surface area (Å²) < 4.78 is 5.98. The molecule has 0 radical (unpaired) electrons. The smallest absolute Gasteiger partial charge is 0.227 e. The second-order valence-electron chi connectivity index (χ2n) is 5.09. The molecular formula is C15H20N4O. The molecule has 1 aromatic heterocycles. The summed E-state index contributed by atoms with van der Waals surface area (Å²) in [5, 5.41) is 0. The molecule has 0 amide bonds. The summed E-state index contributed by atoms with van der Waals surface area (Å²) >= 11 is 0. The van der Waals surface area contributed by atoms with Crippen LogP contribution in [-0.4, -0.2) is 9.97 Å². The predicted octanol–water partition coefficient (Wildman–Crippen LogP) is 3.29. The second kappa shape index (κ2) is 5.88. The number of nitrogens with zero attached hydrogens (tertiary/aromatic N) is 2. The van der Waals surface area contributed by atoms with Crippen molar-refractivity contribution in [3.63, 3.8) is 0 Å². The van der Waals surface area contributed by atoms with E-state index in [2.05, 4.69) is 41.4 Å². The van der Waals surface area contributed by atoms with Gasteiger partial charge in [0.15, 0.2) is 0 Å². The Bertz CT molecular complexity index is 611. The summed E-state index contributed by atoms with van der Waals surface area (Å²) in [7, 11) is 0. The van der Waals surface area contributed by atoms with Crippen LogP contribution in [0.15, 0.2) is 24.5 Å². The third-order valence-corrected chi connectivity index (χ3v) is 3.17. The standard InChI is InChI=1S/C15H20N4O/c1-9(2)12-6-5-10(3)7-13(12)20-15-11(4)14(19-16)17-8-18-15/h5-9H,16H2,1-4H3,(H,17,18,19). The Morgan fingerprint density at radius 3 is 2.60 bits per heavy atom. The number of nitrogens with one attached hydrogen (secondary N) is 1. The second-order valence-corrected chi connectivity index (χ2v) is 5.09. The molecule has 0 bridgehead atoms. The van der Waals surface area contributed by atoms with E-state index in [0.29, 0.717) is 17.6 Å². The molecular weight excluding hydrogens is 252 g/mol. The van der Waals surface area contributed by atoms with E-state index in [4.69, 9.17) is 10.6 Å². The monoisotopic (exact) mass is 272 g/mol. The van der Waals surface area contributed by atoms with E-state index in [1.165, 1.54) is 6.33 Å². The lowest BCUT2D eigenvalue weighted by Gasteiger charge is -2.15. The summed E-state index contributed by atoms with van der Waals surface area (Å²) in [5.74, 6) is 7.70. The van der Waals surface area contributed by atoms with Crippen molar-refractivity contribution < 1.29 is 4.74 Å². The molecule has 0 spiro atoms. The van der Waals surface area contributed by atoms with Crippen molar-refractivity contribution in [1.29, 1.82) is 0 Å². The van der Waals surface area contributed by atoms with E-state index in [-0.39, 0.29) is 0 Å². The van der Waals surface area contributed by atoms with Crippen LogP contribution in [0.3, 0.4) is 0 Å². The molecule has 0 aliphatic heterocycles. The van der Waals surface area contributed by atoms with Crippen LogP contribution in [0.4, 0.5) is 5.82 Å². The summed E-state index contributed by atoms with van der Waals surface area (Å²) in [6, 6.07) is 6.20. The summed E-state index contributed by atoms with van der Waals surface area (Å²) in [6.45, 7) is 8.18. The highest BCUT2D eigenvalue weighted by Gasteiger charge is 2.13. The highest BCUT2D eigenvalue weighted by Crippen LogP contribution is 2.32. The molecule has 2 aromatic rings. The minimum Gasteiger partial charge on any atom is -0.438 e. The minimum atomic E-state index is 0.375. The molecule has 0 saturated heterocycles. The van der Waals surface area contributed by atoms with Gasteiger partial charge in [-0.2, -0.15) is 0 Å². The van der Waals surface area contributed by atoms with Gasteiger partial charge >= 0.3 is 0 Å². The molecule has 5 heteroatoms. The molecule has 106 valence electrons. The lowest BCUT2D eigenvalue weighted by Crippen LogP contribution is -2.11. The summed E-state index contributed by atoms with van der Waals surface area (Å²) in [5.41, 5.74) is 5.62. The average molecular weight is 272 g/mol. The third-order valence-electron chi connectivity index (χ3n) is 3.17. The first-order valence-electron chi connectivity index (χ1n) is 6.59. The van der Waals surface area contributed by atoms with E-state index in [1.807, 2.05) is 19.9 Å². The van der Waals surface area contributed by atoms with Gasteiger partial charge in [-0.05, 0) is 37.0 Å². The lowest BCUT2D eigenvalue weighted by atomic mass is 10.0. The number of anilines is 1. The SMILES string of the molecule is Cc1ccc(C(C)C)c(Oc2ncnc(NN)c2C)c1. The molecule has 1 heterocycles. The molecule has 0 unspecified atom stereocenters. The first kappa shape index (κ1) is 14.3. The molecule has 1 aromatic carbocycles. The van der Waals surface area contributed by atoms with E-state index >= 15 is 0 Å². The van der Waals surface area contributed by atoms with E-state index in [1.54, 1.807) is 0 Å². The number of hydrogen-bond acceptors (Lipinski definition) is 5. The van der Waals surface area contributed by atoms with Gasteiger partial charge in [0.1, 0.15) is 17.9 Å². The van der Waals surface area contributed by atoms with Crippen LogP contribution < -0.4 is 16.0 Å². The Morgan fingerprint density at radius 1 is 1.20 bits per heavy atom. The van der Waals surface area contributed by atoms with Gasteiger partial charge in [-0.3, -0.25) is 0 Å². The Morgan fingerprint density at radius 2 is 1.95 bits per heavy atom. The first-order valence-corrected chi connectivity index (χ1v) is 6.59. The molecule has 0 fully saturated rings. The Hall–Kier alpha value is -2.14. The van der Waals surface area contributed by atoms with Crippen LogP contribution in [0.2, 0.25) is 0 Å². The zero-order valence-electron chi connectivity index (χ0n) is 12.3. The van der Waals surface area contributed by atoms with Crippen molar-refractivity contribution in [3.8, 4) is 11.6 Å². The fourth-order valence-corrected chi connectivity index (χ4v) is 1.99. The van der Waals surface area contributed by atoms with E-state index in [9.17, 15) is 0 Å². The number of aromatic nitrogens is 2. The maximum atomic E-state index is 5.98. The Balaban J connectivity index is 2.42. The zero-order valence-corrected chi connectivity index (χ0v) is 12.3. The number of hydrazine groups is 1. The molecule has 20 heavy (non-hydrogen) atoms. The highest BCUT2D eigenvalue weighted by molar-refractivity contribution is 5.49. The highest BCUT2D eigenvalue weighted by atomic mass is 16.5. The number of nitrogen functional groups attached to an aromatic ring is 1. The summed E-state index contributed by atoms with van der Waals surface area (Å²) in [4.78, 5) is 8.23. The van der Waals surface area contributed by atoms with Crippen LogP contribution >= 0.6 is 0 Å². The van der Waals surface area contributed by atoms with Crippen LogP contribution in [0.25, 0.3) is 0 Å². The largest absolute Gasteiger partial charge is 0.438 e. The van der Waals surface area contributed by atoms with Gasteiger partial charge in [0.2, 0.25) is 5.88 Å². The molecule has 0 aliphatic carbocycles. The van der Waals surface area contributed by atoms with Gasteiger partial charge in [0, 0.05) is 0 Å². The van der Waals surface area contributed by atoms with Gasteiger partial charge < -0.3 is 10.2 Å². The van der Waals surface area contributed by atoms with Crippen molar-refractivity contribution in [1.82, 2.24) is 9.97 Å². The Labute approximate surface area is 119 Å². The van der Waals surface area contributed by atoms with Crippen LogP contribution in [0, 0.1) is 13.8 Å². The van der Waals surface area contributed by atoms with Crippen molar-refractivity contribution in [2.75, 3.05) is 5.43 Å². The number of ether oxygens (including phenoxy) is 1. The Kier molecular flexibility index (Phi) is 4.20. The maximum Gasteiger partial charge on any atom is 0.227 e. The number of nitrogens with two attached hydrogens (primary N) is 1. The van der Waals surface area contributed by atoms with Gasteiger partial charge in [-0.1, -0.05) is 26.0 Å². The first-order chi connectivity index (χ1) is 9.52. The molecule has 0 aliphatic rings. The quantitative estimate of drug-likeness (QED) is 0.660. The topological polar surface area (TPSA) is 73.1 Å². The molecule has 0 atom stereocenters. The number of rotatable bonds is 4. The number of benzene rings is 1. The normalized spacial score (nSPS) is 10.7. The number of hydrogen-bond donors (Lipinski definition) is 2. The molecule has 5 nitrogen and oxygen atoms in total. The molecule has 3 N–H and O–H groups in total. The zero-order chi connectivity index (χ0) is 14.7. The van der Waals surface area contributed by atoms with Crippen LogP contribution in [-0.2, 0) is 0 Å². The van der Waals surface area contributed by atoms with Crippen molar-refractivity contribution in [3.05, 3.63) is 41.2 Å². The van der Waals surface area contributed by atoms with Gasteiger partial charge in [0.05, 0.1) is 5.56 Å². The average Bonchev–Trinajstić information content (AvgIpc) is 2.41. The third kappa shape index (κ3) is 2.88. The molecule has 2 rings (SSSR count). The molecule has 0 saturated carbocycles. The van der Waals surface area contributed by atoms with Crippen molar-refractivity contribution in [2.24, 2.45) is 5.84 Å². The maximum absolute atomic E-state index is 5.98. The fraction of sp³-hybridized carbons (Fsp3) is 0.333. The van der Waals surface area contributed by atoms with Crippen LogP contribution in [0.1, 0.15) is 36.5 Å². The predicted molar refractivity (Wildman–Crippen MR) is 79.9 cm³/mol. The van der Waals surface area contributed by atoms with Crippen molar-refractivity contribution in [2.45, 2.75) is 33.6 Å². The van der Waals surface area contributed by atoms with Crippen LogP contribution in [0.5, 0.6) is 11.6 Å². The van der Waals surface area contributed by atoms with Gasteiger partial charge in [-0.25, -0.2) is 15.8 Å². The fourth-order valence-electron chi connectivity index (χ4n) is 1.99. The summed E-state index contributed by atoms with van der Waals surface area (Å²) in [6.07, 6.45) is 1.43. The number of aryl methyl sites for hydroxylation is 1. The van der Waals surface area contributed by atoms with E-state index in [0.717, 1.165) is 22.4 Å². The van der Waals surface area contributed by atoms with Gasteiger partial charge in [0.25, 0.3) is 0 Å².